The molecule has 1 aliphatic carbocycles. The molecule has 144 valence electrons. The summed E-state index contributed by atoms with van der Waals surface area (Å²) in [6.07, 6.45) is 7.66. The molecule has 0 aromatic heterocycles. The van der Waals surface area contributed by atoms with Crippen LogP contribution in [0.1, 0.15) is 46.9 Å². The second kappa shape index (κ2) is 6.63. The van der Waals surface area contributed by atoms with E-state index in [0.29, 0.717) is 5.56 Å². The molecule has 1 aromatic carbocycles. The van der Waals surface area contributed by atoms with E-state index in [1.54, 1.807) is 24.3 Å². The van der Waals surface area contributed by atoms with Gasteiger partial charge in [0.15, 0.2) is 11.4 Å². The Morgan fingerprint density at radius 1 is 1.25 bits per heavy atom. The highest BCUT2D eigenvalue weighted by atomic mass is 16.7. The number of fused-ring (bicyclic) bond motifs is 2. The molecule has 0 N–H and O–H groups in total. The van der Waals surface area contributed by atoms with E-state index in [1.807, 2.05) is 19.2 Å². The first-order valence-corrected chi connectivity index (χ1v) is 9.28. The number of epoxide rings is 1. The number of Topliss-reactive ketones (excluding diaryl/α,β-unsaturated/α-hetero) is 2. The molecule has 1 aromatic rings. The Hall–Kier alpha value is -2.86. The molecular weight excluding hydrogens is 358 g/mol. The first-order chi connectivity index (χ1) is 13.5. The van der Waals surface area contributed by atoms with Crippen molar-refractivity contribution in [2.75, 3.05) is 13.7 Å². The molecule has 6 nitrogen and oxygen atoms in total. The summed E-state index contributed by atoms with van der Waals surface area (Å²) < 4.78 is 10.5. The van der Waals surface area contributed by atoms with Gasteiger partial charge >= 0.3 is 5.97 Å². The number of nitrogens with zero attached hydrogens (tertiary/aromatic N) is 1. The van der Waals surface area contributed by atoms with Crippen LogP contribution in [-0.2, 0) is 14.3 Å². The van der Waals surface area contributed by atoms with E-state index in [9.17, 15) is 14.4 Å². The second-order valence-electron chi connectivity index (χ2n) is 7.33. The minimum Gasteiger partial charge on any atom is -0.466 e. The van der Waals surface area contributed by atoms with Gasteiger partial charge in [0.25, 0.3) is 5.60 Å². The average molecular weight is 379 g/mol. The number of benzene rings is 1. The molecule has 2 atom stereocenters. The standard InChI is InChI=1S/C22H21NO5/c1-14(7-8-15-10-12-23-13-15)9-11-21-18(24)16-5-3-4-6-17(16)19(25)22(21,28-21)20(26)27-2/h3-6,9-10,13H,7-8,11-12H2,1-2H3. The highest BCUT2D eigenvalue weighted by Gasteiger charge is 2.85. The molecule has 0 bridgehead atoms. The summed E-state index contributed by atoms with van der Waals surface area (Å²) in [7, 11) is 1.19. The summed E-state index contributed by atoms with van der Waals surface area (Å²) >= 11 is 0. The van der Waals surface area contributed by atoms with Crippen molar-refractivity contribution in [2.24, 2.45) is 4.99 Å². The van der Waals surface area contributed by atoms with Crippen molar-refractivity contribution in [1.82, 2.24) is 0 Å². The van der Waals surface area contributed by atoms with Gasteiger partial charge in [-0.3, -0.25) is 14.6 Å². The van der Waals surface area contributed by atoms with E-state index in [1.165, 1.54) is 12.7 Å². The lowest BCUT2D eigenvalue weighted by atomic mass is 9.72. The predicted molar refractivity (Wildman–Crippen MR) is 103 cm³/mol. The number of esters is 1. The van der Waals surface area contributed by atoms with E-state index in [-0.39, 0.29) is 17.8 Å². The molecule has 0 amide bonds. The molecule has 0 radical (unpaired) electrons. The summed E-state index contributed by atoms with van der Waals surface area (Å²) in [6, 6.07) is 6.51. The van der Waals surface area contributed by atoms with Gasteiger partial charge in [0, 0.05) is 23.8 Å². The van der Waals surface area contributed by atoms with E-state index in [4.69, 9.17) is 9.47 Å². The number of aliphatic imine (C=N–C) groups is 1. The Kier molecular flexibility index (Phi) is 4.38. The molecule has 28 heavy (non-hydrogen) atoms. The summed E-state index contributed by atoms with van der Waals surface area (Å²) in [5.41, 5.74) is -0.632. The number of hydrogen-bond acceptors (Lipinski definition) is 6. The zero-order chi connectivity index (χ0) is 19.9. The Morgan fingerprint density at radius 3 is 2.61 bits per heavy atom. The minimum atomic E-state index is -1.87. The number of ketones is 2. The van der Waals surface area contributed by atoms with Crippen LogP contribution in [0, 0.1) is 0 Å². The molecule has 1 fully saturated rings. The maximum absolute atomic E-state index is 13.2. The largest absolute Gasteiger partial charge is 0.466 e. The lowest BCUT2D eigenvalue weighted by Crippen LogP contribution is -2.50. The zero-order valence-electron chi connectivity index (χ0n) is 15.9. The number of hydrogen-bond donors (Lipinski definition) is 0. The van der Waals surface area contributed by atoms with Gasteiger partial charge in [0.2, 0.25) is 5.78 Å². The monoisotopic (exact) mass is 379 g/mol. The van der Waals surface area contributed by atoms with Gasteiger partial charge in [0.05, 0.1) is 13.7 Å². The Labute approximate surface area is 162 Å². The van der Waals surface area contributed by atoms with E-state index < -0.39 is 23.0 Å². The van der Waals surface area contributed by atoms with Crippen molar-refractivity contribution in [3.63, 3.8) is 0 Å². The van der Waals surface area contributed by atoms with Gasteiger partial charge in [-0.25, -0.2) is 4.79 Å². The highest BCUT2D eigenvalue weighted by Crippen LogP contribution is 2.58. The van der Waals surface area contributed by atoms with E-state index in [0.717, 1.165) is 25.0 Å². The maximum atomic E-state index is 13.2. The molecule has 3 aliphatic rings. The van der Waals surface area contributed by atoms with Crippen LogP contribution in [0.25, 0.3) is 0 Å². The van der Waals surface area contributed by atoms with Gasteiger partial charge in [0.1, 0.15) is 0 Å². The summed E-state index contributed by atoms with van der Waals surface area (Å²) in [5, 5.41) is 0. The van der Waals surface area contributed by atoms with E-state index in [2.05, 4.69) is 11.1 Å². The molecule has 2 unspecified atom stereocenters. The van der Waals surface area contributed by atoms with Crippen LogP contribution in [-0.4, -0.2) is 48.6 Å². The van der Waals surface area contributed by atoms with Crippen LogP contribution < -0.4 is 0 Å². The van der Waals surface area contributed by atoms with Crippen LogP contribution in [0.15, 0.2) is 52.6 Å². The number of ether oxygens (including phenoxy) is 2. The summed E-state index contributed by atoms with van der Waals surface area (Å²) in [6.45, 7) is 2.70. The van der Waals surface area contributed by atoms with Crippen LogP contribution in [0.4, 0.5) is 0 Å². The third-order valence-electron chi connectivity index (χ3n) is 5.69. The first-order valence-electron chi connectivity index (χ1n) is 9.28. The minimum absolute atomic E-state index is 0.153. The molecule has 1 saturated heterocycles. The molecular formula is C22H21NO5. The van der Waals surface area contributed by atoms with Crippen molar-refractivity contribution in [1.29, 1.82) is 0 Å². The number of rotatable bonds is 6. The van der Waals surface area contributed by atoms with Crippen LogP contribution >= 0.6 is 0 Å². The Balaban J connectivity index is 1.62. The molecule has 0 spiro atoms. The smallest absolute Gasteiger partial charge is 0.350 e. The van der Waals surface area contributed by atoms with Gasteiger partial charge in [-0.15, -0.1) is 0 Å². The van der Waals surface area contributed by atoms with E-state index >= 15 is 0 Å². The zero-order valence-corrected chi connectivity index (χ0v) is 15.9. The third kappa shape index (κ3) is 2.52. The van der Waals surface area contributed by atoms with Gasteiger partial charge < -0.3 is 9.47 Å². The van der Waals surface area contributed by atoms with Crippen LogP contribution in [0.3, 0.4) is 0 Å². The van der Waals surface area contributed by atoms with Crippen molar-refractivity contribution < 1.29 is 23.9 Å². The number of methoxy groups -OCH3 is 1. The highest BCUT2D eigenvalue weighted by molar-refractivity contribution is 6.32. The van der Waals surface area contributed by atoms with Crippen LogP contribution in [0.5, 0.6) is 0 Å². The fourth-order valence-electron chi connectivity index (χ4n) is 4.00. The summed E-state index contributed by atoms with van der Waals surface area (Å²) in [4.78, 5) is 42.9. The van der Waals surface area contributed by atoms with Crippen molar-refractivity contribution in [2.45, 2.75) is 37.4 Å². The SMILES string of the molecule is COC(=O)C12OC1(CC=C(C)CCC1=CCN=C1)C(=O)c1ccccc1C2=O. The topological polar surface area (TPSA) is 85.3 Å². The maximum Gasteiger partial charge on any atom is 0.350 e. The Morgan fingerprint density at radius 2 is 1.96 bits per heavy atom. The fraction of sp³-hybridized carbons (Fsp3) is 0.364. The third-order valence-corrected chi connectivity index (χ3v) is 5.69. The lowest BCUT2D eigenvalue weighted by Gasteiger charge is -2.22. The number of carbonyl (C=O) groups excluding carboxylic acids is 3. The molecule has 6 heteroatoms. The second-order valence-corrected chi connectivity index (χ2v) is 7.33. The normalized spacial score (nSPS) is 27.9. The van der Waals surface area contributed by atoms with Gasteiger partial charge in [-0.05, 0) is 25.3 Å². The van der Waals surface area contributed by atoms with Crippen molar-refractivity contribution >= 4 is 23.8 Å². The van der Waals surface area contributed by atoms with Gasteiger partial charge in [-0.1, -0.05) is 42.0 Å². The first kappa shape index (κ1) is 18.5. The van der Waals surface area contributed by atoms with Crippen molar-refractivity contribution in [3.8, 4) is 0 Å². The lowest BCUT2D eigenvalue weighted by molar-refractivity contribution is -0.145. The van der Waals surface area contributed by atoms with Crippen LogP contribution in [0.2, 0.25) is 0 Å². The Bertz CT molecular complexity index is 973. The van der Waals surface area contributed by atoms with Gasteiger partial charge in [-0.2, -0.15) is 0 Å². The number of carbonyl (C=O) groups is 3. The number of allylic oxidation sites excluding steroid dienone is 2. The predicted octanol–water partition coefficient (Wildman–Crippen LogP) is 2.87. The molecule has 0 saturated carbocycles. The molecule has 2 aliphatic heterocycles. The quantitative estimate of drug-likeness (QED) is 0.328. The summed E-state index contributed by atoms with van der Waals surface area (Å²) in [5.74, 6) is -1.67. The average Bonchev–Trinajstić information content (AvgIpc) is 3.15. The molecule has 2 heterocycles. The fourth-order valence-corrected chi connectivity index (χ4v) is 4.00. The van der Waals surface area contributed by atoms with Crippen molar-refractivity contribution in [3.05, 3.63) is 58.7 Å². The molecule has 4 rings (SSSR count).